The first-order valence-corrected chi connectivity index (χ1v) is 16.5. The Morgan fingerprint density at radius 3 is 2.50 bits per heavy atom. The number of rotatable bonds is 14. The number of unbranched alkanes of at least 4 members (excludes halogenated alkanes) is 1. The summed E-state index contributed by atoms with van der Waals surface area (Å²) in [4.78, 5) is 13.0. The Morgan fingerprint density at radius 2 is 1.75 bits per heavy atom. The Hall–Kier alpha value is -1.97. The molecule has 222 valence electrons. The highest BCUT2D eigenvalue weighted by atomic mass is 32.2. The number of nitrogens with zero attached hydrogens (tertiary/aromatic N) is 3. The van der Waals surface area contributed by atoms with Crippen LogP contribution in [0.2, 0.25) is 0 Å². The number of hydrogen-bond acceptors (Lipinski definition) is 8. The first kappa shape index (κ1) is 31.0. The fourth-order valence-electron chi connectivity index (χ4n) is 6.49. The Balaban J connectivity index is 1.29. The van der Waals surface area contributed by atoms with Gasteiger partial charge in [-0.05, 0) is 101 Å². The summed E-state index contributed by atoms with van der Waals surface area (Å²) in [6.45, 7) is 7.59. The molecule has 2 saturated carbocycles. The minimum Gasteiger partial charge on any atom is -0.390 e. The van der Waals surface area contributed by atoms with E-state index in [1.54, 1.807) is 18.0 Å². The molecule has 4 N–H and O–H groups in total. The zero-order chi connectivity index (χ0) is 28.4. The number of hydrogen-bond donors (Lipinski definition) is 4. The lowest BCUT2D eigenvalue weighted by Crippen LogP contribution is -2.37. The number of halogens is 1. The number of nitrogens with one attached hydrogen (secondary N) is 3. The Bertz CT molecular complexity index is 1050. The standard InChI is InChI=1S/C31H49FN6OS/c1-4-5-7-23-14-24(18-33-17-22-9-11-31(2,39)12-10-22)16-25(15-23)19-35-28-27(32)21-37-30(38-28)36-20-26-8-6-13-34-29(26)40-3/h6,8,13,21-25,33,39H,4-5,7,9-12,14-20H2,1-3H3,(H2,35,36,37,38)/t22-,23?,24-,25-,31-/m1/s1. The summed E-state index contributed by atoms with van der Waals surface area (Å²) in [6, 6.07) is 3.94. The fraction of sp³-hybridized carbons (Fsp3) is 0.710. The second-order valence-corrected chi connectivity index (χ2v) is 13.1. The van der Waals surface area contributed by atoms with E-state index < -0.39 is 11.4 Å². The van der Waals surface area contributed by atoms with Crippen molar-refractivity contribution in [3.05, 3.63) is 35.9 Å². The summed E-state index contributed by atoms with van der Waals surface area (Å²) < 4.78 is 14.7. The highest BCUT2D eigenvalue weighted by molar-refractivity contribution is 7.98. The smallest absolute Gasteiger partial charge is 0.225 e. The quantitative estimate of drug-likeness (QED) is 0.190. The van der Waals surface area contributed by atoms with E-state index in [2.05, 4.69) is 37.8 Å². The number of anilines is 2. The van der Waals surface area contributed by atoms with Gasteiger partial charge in [-0.15, -0.1) is 11.8 Å². The lowest BCUT2D eigenvalue weighted by Gasteiger charge is -2.36. The van der Waals surface area contributed by atoms with Gasteiger partial charge in [-0.1, -0.05) is 32.3 Å². The van der Waals surface area contributed by atoms with E-state index in [0.29, 0.717) is 30.2 Å². The minimum atomic E-state index is -0.469. The van der Waals surface area contributed by atoms with Crippen LogP contribution in [0.3, 0.4) is 0 Å². The van der Waals surface area contributed by atoms with Crippen LogP contribution in [0.15, 0.2) is 29.6 Å². The van der Waals surface area contributed by atoms with Crippen molar-refractivity contribution in [3.63, 3.8) is 0 Å². The second kappa shape index (κ2) is 15.3. The maximum atomic E-state index is 14.7. The molecule has 2 aromatic rings. The molecule has 0 radical (unpaired) electrons. The Kier molecular flexibility index (Phi) is 11.9. The van der Waals surface area contributed by atoms with E-state index in [1.165, 1.54) is 38.3 Å². The van der Waals surface area contributed by atoms with Gasteiger partial charge in [0.1, 0.15) is 5.03 Å². The zero-order valence-electron chi connectivity index (χ0n) is 24.6. The normalized spacial score (nSPS) is 26.9. The van der Waals surface area contributed by atoms with E-state index in [1.807, 2.05) is 25.3 Å². The van der Waals surface area contributed by atoms with Crippen molar-refractivity contribution in [2.75, 3.05) is 36.5 Å². The molecule has 3 atom stereocenters. The molecule has 9 heteroatoms. The number of pyridine rings is 1. The van der Waals surface area contributed by atoms with Gasteiger partial charge in [0, 0.05) is 24.8 Å². The van der Waals surface area contributed by atoms with Crippen molar-refractivity contribution < 1.29 is 9.50 Å². The van der Waals surface area contributed by atoms with Crippen LogP contribution in [-0.4, -0.2) is 51.5 Å². The largest absolute Gasteiger partial charge is 0.390 e. The second-order valence-electron chi connectivity index (χ2n) is 12.3. The van der Waals surface area contributed by atoms with Gasteiger partial charge in [-0.2, -0.15) is 4.98 Å². The molecular formula is C31H49FN6OS. The van der Waals surface area contributed by atoms with Gasteiger partial charge in [0.15, 0.2) is 11.6 Å². The zero-order valence-corrected chi connectivity index (χ0v) is 25.4. The lowest BCUT2D eigenvalue weighted by atomic mass is 9.73. The van der Waals surface area contributed by atoms with Gasteiger partial charge in [-0.25, -0.2) is 14.4 Å². The van der Waals surface area contributed by atoms with Gasteiger partial charge in [0.2, 0.25) is 5.95 Å². The summed E-state index contributed by atoms with van der Waals surface area (Å²) in [5, 5.41) is 21.5. The van der Waals surface area contributed by atoms with Crippen LogP contribution in [0.25, 0.3) is 0 Å². The van der Waals surface area contributed by atoms with E-state index in [-0.39, 0.29) is 5.82 Å². The third-order valence-electron chi connectivity index (χ3n) is 8.80. The molecule has 2 fully saturated rings. The van der Waals surface area contributed by atoms with Crippen LogP contribution < -0.4 is 16.0 Å². The van der Waals surface area contributed by atoms with Crippen molar-refractivity contribution in [2.24, 2.45) is 23.7 Å². The van der Waals surface area contributed by atoms with Crippen LogP contribution in [-0.2, 0) is 6.54 Å². The molecule has 2 aliphatic rings. The molecule has 0 aliphatic heterocycles. The van der Waals surface area contributed by atoms with E-state index in [4.69, 9.17) is 0 Å². The van der Waals surface area contributed by atoms with Crippen LogP contribution in [0.5, 0.6) is 0 Å². The summed E-state index contributed by atoms with van der Waals surface area (Å²) in [6.07, 6.45) is 16.5. The molecule has 4 rings (SSSR count). The molecule has 7 nitrogen and oxygen atoms in total. The number of aromatic nitrogens is 3. The number of aliphatic hydroxyl groups is 1. The van der Waals surface area contributed by atoms with Crippen LogP contribution >= 0.6 is 11.8 Å². The Morgan fingerprint density at radius 1 is 1.02 bits per heavy atom. The van der Waals surface area contributed by atoms with Gasteiger partial charge in [0.05, 0.1) is 11.8 Å². The third kappa shape index (κ3) is 9.55. The van der Waals surface area contributed by atoms with Gasteiger partial charge >= 0.3 is 0 Å². The molecular weight excluding hydrogens is 523 g/mol. The topological polar surface area (TPSA) is 95.0 Å². The molecule has 1 unspecified atom stereocenters. The van der Waals surface area contributed by atoms with Crippen molar-refractivity contribution in [1.29, 1.82) is 0 Å². The van der Waals surface area contributed by atoms with E-state index in [0.717, 1.165) is 68.2 Å². The number of thioether (sulfide) groups is 1. The lowest BCUT2D eigenvalue weighted by molar-refractivity contribution is 0.00799. The van der Waals surface area contributed by atoms with Crippen molar-refractivity contribution >= 4 is 23.5 Å². The summed E-state index contributed by atoms with van der Waals surface area (Å²) >= 11 is 1.60. The highest BCUT2D eigenvalue weighted by Crippen LogP contribution is 2.36. The first-order chi connectivity index (χ1) is 19.3. The molecule has 0 saturated heterocycles. The average molecular weight is 573 g/mol. The molecule has 2 aromatic heterocycles. The highest BCUT2D eigenvalue weighted by Gasteiger charge is 2.30. The first-order valence-electron chi connectivity index (χ1n) is 15.3. The summed E-state index contributed by atoms with van der Waals surface area (Å²) in [5.41, 5.74) is 0.594. The predicted octanol–water partition coefficient (Wildman–Crippen LogP) is 6.51. The van der Waals surface area contributed by atoms with E-state index >= 15 is 0 Å². The molecule has 0 spiro atoms. The molecule has 40 heavy (non-hydrogen) atoms. The van der Waals surface area contributed by atoms with Gasteiger partial charge < -0.3 is 21.1 Å². The fourth-order valence-corrected chi connectivity index (χ4v) is 7.06. The minimum absolute atomic E-state index is 0.271. The van der Waals surface area contributed by atoms with Crippen molar-refractivity contribution in [3.8, 4) is 0 Å². The van der Waals surface area contributed by atoms with E-state index in [9.17, 15) is 9.50 Å². The Labute approximate surface area is 244 Å². The molecule has 0 aromatic carbocycles. The SMILES string of the molecule is CCCCC1C[C@@H](CNC[C@H]2CC[C@](C)(O)CC2)C[C@H](CNc2nc(NCc3cccnc3SC)ncc2F)C1. The van der Waals surface area contributed by atoms with Gasteiger partial charge in [0.25, 0.3) is 0 Å². The maximum absolute atomic E-state index is 14.7. The summed E-state index contributed by atoms with van der Waals surface area (Å²) in [7, 11) is 0. The van der Waals surface area contributed by atoms with Crippen LogP contribution in [0, 0.1) is 29.5 Å². The van der Waals surface area contributed by atoms with Crippen molar-refractivity contribution in [2.45, 2.75) is 95.2 Å². The molecule has 2 heterocycles. The maximum Gasteiger partial charge on any atom is 0.225 e. The predicted molar refractivity (Wildman–Crippen MR) is 163 cm³/mol. The van der Waals surface area contributed by atoms with Crippen LogP contribution in [0.4, 0.5) is 16.2 Å². The molecule has 2 aliphatic carbocycles. The summed E-state index contributed by atoms with van der Waals surface area (Å²) in [5.74, 6) is 2.81. The monoisotopic (exact) mass is 572 g/mol. The molecule has 0 amide bonds. The average Bonchev–Trinajstić information content (AvgIpc) is 2.96. The van der Waals surface area contributed by atoms with Crippen LogP contribution in [0.1, 0.15) is 83.6 Å². The molecule has 0 bridgehead atoms. The third-order valence-corrected chi connectivity index (χ3v) is 9.55. The van der Waals surface area contributed by atoms with Gasteiger partial charge in [-0.3, -0.25) is 0 Å². The van der Waals surface area contributed by atoms with Crippen molar-refractivity contribution in [1.82, 2.24) is 20.3 Å².